The van der Waals surface area contributed by atoms with E-state index in [2.05, 4.69) is 29.6 Å². The molecule has 0 heterocycles. The average Bonchev–Trinajstić information content (AvgIpc) is 2.75. The Morgan fingerprint density at radius 3 is 1.79 bits per heavy atom. The van der Waals surface area contributed by atoms with Gasteiger partial charge in [-0.05, 0) is 28.8 Å². The average molecular weight is 375 g/mol. The van der Waals surface area contributed by atoms with Crippen molar-refractivity contribution in [2.24, 2.45) is 0 Å². The number of benzene rings is 3. The lowest BCUT2D eigenvalue weighted by Crippen LogP contribution is -2.30. The SMILES string of the molecule is COc1cc(CC(=O)NCC(c2ccccc2)c2ccccc2)cc(OC)c1. The van der Waals surface area contributed by atoms with Crippen molar-refractivity contribution in [2.45, 2.75) is 12.3 Å². The van der Waals surface area contributed by atoms with Crippen molar-refractivity contribution in [2.75, 3.05) is 20.8 Å². The van der Waals surface area contributed by atoms with Gasteiger partial charge in [-0.15, -0.1) is 0 Å². The molecule has 0 aliphatic rings. The molecule has 0 atom stereocenters. The van der Waals surface area contributed by atoms with Gasteiger partial charge in [0.05, 0.1) is 20.6 Å². The molecule has 3 rings (SSSR count). The number of nitrogens with one attached hydrogen (secondary N) is 1. The fraction of sp³-hybridized carbons (Fsp3) is 0.208. The zero-order valence-electron chi connectivity index (χ0n) is 16.2. The summed E-state index contributed by atoms with van der Waals surface area (Å²) in [5.41, 5.74) is 3.21. The second-order valence-corrected chi connectivity index (χ2v) is 6.58. The van der Waals surface area contributed by atoms with Gasteiger partial charge in [0.25, 0.3) is 0 Å². The van der Waals surface area contributed by atoms with E-state index in [4.69, 9.17) is 9.47 Å². The Bertz CT molecular complexity index is 832. The molecule has 144 valence electrons. The summed E-state index contributed by atoms with van der Waals surface area (Å²) in [5.74, 6) is 1.42. The van der Waals surface area contributed by atoms with Gasteiger partial charge in [-0.2, -0.15) is 0 Å². The van der Waals surface area contributed by atoms with Crippen molar-refractivity contribution in [1.29, 1.82) is 0 Å². The van der Waals surface area contributed by atoms with Crippen molar-refractivity contribution < 1.29 is 14.3 Å². The molecule has 0 unspecified atom stereocenters. The summed E-state index contributed by atoms with van der Waals surface area (Å²) in [6.45, 7) is 0.536. The Balaban J connectivity index is 1.71. The Morgan fingerprint density at radius 1 is 0.821 bits per heavy atom. The summed E-state index contributed by atoms with van der Waals surface area (Å²) in [6, 6.07) is 26.0. The monoisotopic (exact) mass is 375 g/mol. The van der Waals surface area contributed by atoms with E-state index in [0.29, 0.717) is 18.0 Å². The van der Waals surface area contributed by atoms with Crippen LogP contribution >= 0.6 is 0 Å². The predicted molar refractivity (Wildman–Crippen MR) is 111 cm³/mol. The lowest BCUT2D eigenvalue weighted by Gasteiger charge is -2.19. The first-order chi connectivity index (χ1) is 13.7. The van der Waals surface area contributed by atoms with Gasteiger partial charge in [0, 0.05) is 18.5 Å². The highest BCUT2D eigenvalue weighted by Gasteiger charge is 2.15. The molecule has 1 N–H and O–H groups in total. The lowest BCUT2D eigenvalue weighted by molar-refractivity contribution is -0.120. The van der Waals surface area contributed by atoms with Crippen LogP contribution < -0.4 is 14.8 Å². The molecule has 0 saturated heterocycles. The van der Waals surface area contributed by atoms with Crippen LogP contribution in [0.25, 0.3) is 0 Å². The van der Waals surface area contributed by atoms with Crippen LogP contribution in [0, 0.1) is 0 Å². The molecule has 0 saturated carbocycles. The second kappa shape index (κ2) is 9.60. The number of carbonyl (C=O) groups excluding carboxylic acids is 1. The summed E-state index contributed by atoms with van der Waals surface area (Å²) in [7, 11) is 3.20. The summed E-state index contributed by atoms with van der Waals surface area (Å²) >= 11 is 0. The third-order valence-corrected chi connectivity index (χ3v) is 4.68. The highest BCUT2D eigenvalue weighted by atomic mass is 16.5. The number of ether oxygens (including phenoxy) is 2. The van der Waals surface area contributed by atoms with E-state index in [1.807, 2.05) is 48.5 Å². The Hall–Kier alpha value is -3.27. The minimum absolute atomic E-state index is 0.0350. The molecule has 3 aromatic rings. The molecule has 0 aromatic heterocycles. The van der Waals surface area contributed by atoms with Gasteiger partial charge in [-0.1, -0.05) is 60.7 Å². The molecule has 0 radical (unpaired) electrons. The van der Waals surface area contributed by atoms with E-state index >= 15 is 0 Å². The van der Waals surface area contributed by atoms with Crippen LogP contribution in [0.5, 0.6) is 11.5 Å². The molecule has 0 aliphatic heterocycles. The quantitative estimate of drug-likeness (QED) is 0.642. The van der Waals surface area contributed by atoms with E-state index in [-0.39, 0.29) is 18.2 Å². The van der Waals surface area contributed by atoms with Crippen LogP contribution in [-0.4, -0.2) is 26.7 Å². The van der Waals surface area contributed by atoms with Gasteiger partial charge in [-0.25, -0.2) is 0 Å². The van der Waals surface area contributed by atoms with Gasteiger partial charge in [0.2, 0.25) is 5.91 Å². The smallest absolute Gasteiger partial charge is 0.224 e. The molecule has 28 heavy (non-hydrogen) atoms. The lowest BCUT2D eigenvalue weighted by atomic mass is 9.91. The predicted octanol–water partition coefficient (Wildman–Crippen LogP) is 4.19. The van der Waals surface area contributed by atoms with Crippen molar-refractivity contribution in [3.63, 3.8) is 0 Å². The van der Waals surface area contributed by atoms with Crippen molar-refractivity contribution in [3.8, 4) is 11.5 Å². The number of hydrogen-bond donors (Lipinski definition) is 1. The first-order valence-corrected chi connectivity index (χ1v) is 9.28. The van der Waals surface area contributed by atoms with Crippen molar-refractivity contribution in [1.82, 2.24) is 5.32 Å². The van der Waals surface area contributed by atoms with E-state index in [1.165, 1.54) is 11.1 Å². The molecule has 0 bridgehead atoms. The van der Waals surface area contributed by atoms with Gasteiger partial charge in [0.1, 0.15) is 11.5 Å². The second-order valence-electron chi connectivity index (χ2n) is 6.58. The normalized spacial score (nSPS) is 10.5. The highest BCUT2D eigenvalue weighted by Crippen LogP contribution is 2.25. The number of methoxy groups -OCH3 is 2. The van der Waals surface area contributed by atoms with Crippen molar-refractivity contribution >= 4 is 5.91 Å². The molecule has 0 aliphatic carbocycles. The van der Waals surface area contributed by atoms with E-state index < -0.39 is 0 Å². The molecule has 0 spiro atoms. The van der Waals surface area contributed by atoms with Crippen LogP contribution in [0.3, 0.4) is 0 Å². The van der Waals surface area contributed by atoms with Crippen LogP contribution in [0.4, 0.5) is 0 Å². The van der Waals surface area contributed by atoms with Gasteiger partial charge in [-0.3, -0.25) is 4.79 Å². The number of rotatable bonds is 8. The maximum absolute atomic E-state index is 12.6. The van der Waals surface area contributed by atoms with E-state index in [9.17, 15) is 4.79 Å². The molecular weight excluding hydrogens is 350 g/mol. The minimum atomic E-state index is -0.0350. The molecule has 1 amide bonds. The summed E-state index contributed by atoms with van der Waals surface area (Å²) in [6.07, 6.45) is 0.268. The molecule has 3 aromatic carbocycles. The largest absolute Gasteiger partial charge is 0.497 e. The Labute approximate surface area is 166 Å². The fourth-order valence-electron chi connectivity index (χ4n) is 3.23. The van der Waals surface area contributed by atoms with Gasteiger partial charge in [0.15, 0.2) is 0 Å². The maximum atomic E-state index is 12.6. The van der Waals surface area contributed by atoms with E-state index in [1.54, 1.807) is 20.3 Å². The zero-order chi connectivity index (χ0) is 19.8. The summed E-state index contributed by atoms with van der Waals surface area (Å²) < 4.78 is 10.6. The van der Waals surface area contributed by atoms with Gasteiger partial charge >= 0.3 is 0 Å². The maximum Gasteiger partial charge on any atom is 0.224 e. The molecule has 0 fully saturated rings. The topological polar surface area (TPSA) is 47.6 Å². The van der Waals surface area contributed by atoms with Crippen LogP contribution in [0.2, 0.25) is 0 Å². The zero-order valence-corrected chi connectivity index (χ0v) is 16.2. The summed E-state index contributed by atoms with van der Waals surface area (Å²) in [5, 5.41) is 3.08. The molecule has 4 heteroatoms. The number of hydrogen-bond acceptors (Lipinski definition) is 3. The third kappa shape index (κ3) is 5.13. The summed E-state index contributed by atoms with van der Waals surface area (Å²) in [4.78, 5) is 12.6. The highest BCUT2D eigenvalue weighted by molar-refractivity contribution is 5.79. The van der Waals surface area contributed by atoms with Crippen molar-refractivity contribution in [3.05, 3.63) is 95.6 Å². The Kier molecular flexibility index (Phi) is 6.68. The number of carbonyl (C=O) groups is 1. The first kappa shape index (κ1) is 19.5. The fourth-order valence-corrected chi connectivity index (χ4v) is 3.23. The Morgan fingerprint density at radius 2 is 1.32 bits per heavy atom. The molecule has 4 nitrogen and oxygen atoms in total. The third-order valence-electron chi connectivity index (χ3n) is 4.68. The number of amides is 1. The molecular formula is C24H25NO3. The minimum Gasteiger partial charge on any atom is -0.497 e. The van der Waals surface area contributed by atoms with Crippen LogP contribution in [0.1, 0.15) is 22.6 Å². The standard InChI is InChI=1S/C24H25NO3/c1-27-21-13-18(14-22(16-21)28-2)15-24(26)25-17-23(19-9-5-3-6-10-19)20-11-7-4-8-12-20/h3-14,16,23H,15,17H2,1-2H3,(H,25,26). The van der Waals surface area contributed by atoms with Gasteiger partial charge < -0.3 is 14.8 Å². The van der Waals surface area contributed by atoms with E-state index in [0.717, 1.165) is 5.56 Å². The van der Waals surface area contributed by atoms with Crippen LogP contribution in [0.15, 0.2) is 78.9 Å². The van der Waals surface area contributed by atoms with Crippen LogP contribution in [-0.2, 0) is 11.2 Å². The first-order valence-electron chi connectivity index (χ1n) is 9.28.